The molecule has 0 saturated carbocycles. The lowest BCUT2D eigenvalue weighted by molar-refractivity contribution is 0.677. The second kappa shape index (κ2) is 6.81. The smallest absolute Gasteiger partial charge is 0.137 e. The van der Waals surface area contributed by atoms with Crippen molar-refractivity contribution in [1.82, 2.24) is 15.3 Å². The molecule has 26 heavy (non-hydrogen) atoms. The van der Waals surface area contributed by atoms with Crippen LogP contribution in [-0.4, -0.2) is 22.7 Å². The Hall–Kier alpha value is -2.84. The molecular formula is C18H21N7S. The molecule has 7 nitrogen and oxygen atoms in total. The minimum Gasteiger partial charge on any atom is -0.388 e. The number of nitriles is 2. The highest BCUT2D eigenvalue weighted by Crippen LogP contribution is 2.33. The second-order valence-corrected chi connectivity index (χ2v) is 7.71. The van der Waals surface area contributed by atoms with Crippen LogP contribution in [-0.2, 0) is 5.41 Å². The maximum Gasteiger partial charge on any atom is 0.137 e. The Kier molecular flexibility index (Phi) is 4.71. The SMILES string of the molecule is CCNC1=c2c(C#N)c[nH]c2=NC(Nc2sc(C(C)(C)C#N)nc2C)C1. The lowest BCUT2D eigenvalue weighted by atomic mass is 9.97. The molecule has 3 heterocycles. The van der Waals surface area contributed by atoms with Gasteiger partial charge in [0.15, 0.2) is 0 Å². The van der Waals surface area contributed by atoms with Gasteiger partial charge in [0, 0.05) is 24.9 Å². The Morgan fingerprint density at radius 1 is 1.42 bits per heavy atom. The number of nitrogens with one attached hydrogen (secondary N) is 3. The fourth-order valence-electron chi connectivity index (χ4n) is 2.86. The molecule has 0 amide bonds. The van der Waals surface area contributed by atoms with Gasteiger partial charge in [-0.05, 0) is 27.7 Å². The summed E-state index contributed by atoms with van der Waals surface area (Å²) in [6.07, 6.45) is 2.18. The molecule has 0 aliphatic carbocycles. The average Bonchev–Trinajstić information content (AvgIpc) is 3.19. The minimum absolute atomic E-state index is 0.168. The van der Waals surface area contributed by atoms with Gasteiger partial charge >= 0.3 is 0 Å². The molecule has 0 spiro atoms. The van der Waals surface area contributed by atoms with Crippen LogP contribution in [0.2, 0.25) is 0 Å². The van der Waals surface area contributed by atoms with Crippen molar-refractivity contribution in [2.24, 2.45) is 4.99 Å². The number of aromatic amines is 1. The molecule has 2 aromatic rings. The van der Waals surface area contributed by atoms with Crippen LogP contribution in [0.3, 0.4) is 0 Å². The summed E-state index contributed by atoms with van der Waals surface area (Å²) in [6, 6.07) is 4.51. The maximum atomic E-state index is 9.33. The number of fused-ring (bicyclic) bond motifs is 1. The predicted octanol–water partition coefficient (Wildman–Crippen LogP) is 1.63. The highest BCUT2D eigenvalue weighted by atomic mass is 32.1. The molecule has 0 bridgehead atoms. The van der Waals surface area contributed by atoms with E-state index in [1.165, 1.54) is 11.3 Å². The summed E-state index contributed by atoms with van der Waals surface area (Å²) in [5.74, 6) is 0. The number of rotatable bonds is 5. The molecular weight excluding hydrogens is 346 g/mol. The number of H-pyrrole nitrogens is 1. The maximum absolute atomic E-state index is 9.33. The number of aryl methyl sites for hydroxylation is 1. The van der Waals surface area contributed by atoms with Crippen molar-refractivity contribution in [3.8, 4) is 12.1 Å². The fraction of sp³-hybridized carbons (Fsp3) is 0.444. The van der Waals surface area contributed by atoms with Crippen LogP contribution in [0.25, 0.3) is 5.70 Å². The Balaban J connectivity index is 1.94. The summed E-state index contributed by atoms with van der Waals surface area (Å²) >= 11 is 1.49. The van der Waals surface area contributed by atoms with Crippen LogP contribution in [0.4, 0.5) is 5.00 Å². The predicted molar refractivity (Wildman–Crippen MR) is 101 cm³/mol. The van der Waals surface area contributed by atoms with Gasteiger partial charge in [-0.2, -0.15) is 10.5 Å². The van der Waals surface area contributed by atoms with Gasteiger partial charge in [-0.15, -0.1) is 0 Å². The first-order valence-corrected chi connectivity index (χ1v) is 9.29. The van der Waals surface area contributed by atoms with Gasteiger partial charge in [0.05, 0.1) is 22.5 Å². The first-order valence-electron chi connectivity index (χ1n) is 8.47. The highest BCUT2D eigenvalue weighted by Gasteiger charge is 2.26. The lowest BCUT2D eigenvalue weighted by Crippen LogP contribution is -2.41. The number of anilines is 1. The molecule has 0 aromatic carbocycles. The first kappa shape index (κ1) is 18.0. The van der Waals surface area contributed by atoms with E-state index in [4.69, 9.17) is 4.99 Å². The summed E-state index contributed by atoms with van der Waals surface area (Å²) in [4.78, 5) is 12.4. The molecule has 0 fully saturated rings. The molecule has 1 aliphatic heterocycles. The molecule has 134 valence electrons. The summed E-state index contributed by atoms with van der Waals surface area (Å²) in [5, 5.41) is 28.0. The zero-order valence-electron chi connectivity index (χ0n) is 15.3. The van der Waals surface area contributed by atoms with E-state index >= 15 is 0 Å². The van der Waals surface area contributed by atoms with E-state index in [0.717, 1.165) is 33.2 Å². The van der Waals surface area contributed by atoms with E-state index < -0.39 is 5.41 Å². The van der Waals surface area contributed by atoms with Crippen LogP contribution in [0.5, 0.6) is 0 Å². The van der Waals surface area contributed by atoms with E-state index in [-0.39, 0.29) is 6.17 Å². The molecule has 3 rings (SSSR count). The number of thiazole rings is 1. The zero-order valence-corrected chi connectivity index (χ0v) is 16.1. The van der Waals surface area contributed by atoms with Gasteiger partial charge in [0.2, 0.25) is 0 Å². The molecule has 1 aliphatic rings. The summed E-state index contributed by atoms with van der Waals surface area (Å²) in [5.41, 5.74) is 2.57. The van der Waals surface area contributed by atoms with E-state index in [2.05, 4.69) is 32.7 Å². The molecule has 3 N–H and O–H groups in total. The standard InChI is InChI=1S/C18H21N7S/c1-5-21-12-6-13(24-15-14(12)11(7-19)8-22-15)25-16-10(2)23-17(26-16)18(3,4)9-20/h8,13,21,25H,5-6H2,1-4H3,(H,22,24). The Morgan fingerprint density at radius 2 is 2.19 bits per heavy atom. The normalized spacial score (nSPS) is 16.2. The third-order valence-electron chi connectivity index (χ3n) is 4.26. The molecule has 1 atom stereocenters. The first-order chi connectivity index (χ1) is 12.4. The minimum atomic E-state index is -0.617. The molecule has 2 aromatic heterocycles. The van der Waals surface area contributed by atoms with Crippen LogP contribution in [0.1, 0.15) is 43.5 Å². The molecule has 8 heteroatoms. The van der Waals surface area contributed by atoms with Gasteiger partial charge in [-0.3, -0.25) is 0 Å². The van der Waals surface area contributed by atoms with Crippen molar-refractivity contribution in [2.45, 2.75) is 45.7 Å². The van der Waals surface area contributed by atoms with Crippen LogP contribution < -0.4 is 21.3 Å². The highest BCUT2D eigenvalue weighted by molar-refractivity contribution is 7.16. The Labute approximate surface area is 156 Å². The van der Waals surface area contributed by atoms with Gasteiger partial charge < -0.3 is 15.6 Å². The zero-order chi connectivity index (χ0) is 18.9. The van der Waals surface area contributed by atoms with Crippen molar-refractivity contribution < 1.29 is 0 Å². The Bertz CT molecular complexity index is 1030. The third-order valence-corrected chi connectivity index (χ3v) is 5.67. The van der Waals surface area contributed by atoms with Gasteiger partial charge in [0.25, 0.3) is 0 Å². The van der Waals surface area contributed by atoms with Gasteiger partial charge in [0.1, 0.15) is 33.1 Å². The number of hydrogen-bond acceptors (Lipinski definition) is 7. The lowest BCUT2D eigenvalue weighted by Gasteiger charge is -2.20. The largest absolute Gasteiger partial charge is 0.388 e. The van der Waals surface area contributed by atoms with Crippen molar-refractivity contribution in [3.05, 3.63) is 33.2 Å². The number of aromatic nitrogens is 2. The average molecular weight is 367 g/mol. The van der Waals surface area contributed by atoms with Gasteiger partial charge in [-0.25, -0.2) is 9.98 Å². The van der Waals surface area contributed by atoms with Crippen molar-refractivity contribution in [1.29, 1.82) is 10.5 Å². The van der Waals surface area contributed by atoms with E-state index in [9.17, 15) is 10.5 Å². The summed E-state index contributed by atoms with van der Waals surface area (Å²) < 4.78 is 0. The Morgan fingerprint density at radius 3 is 2.85 bits per heavy atom. The summed E-state index contributed by atoms with van der Waals surface area (Å²) in [6.45, 7) is 8.47. The summed E-state index contributed by atoms with van der Waals surface area (Å²) in [7, 11) is 0. The third kappa shape index (κ3) is 3.16. The van der Waals surface area contributed by atoms with Crippen molar-refractivity contribution in [2.75, 3.05) is 11.9 Å². The topological polar surface area (TPSA) is 113 Å². The van der Waals surface area contributed by atoms with E-state index in [1.807, 2.05) is 27.7 Å². The monoisotopic (exact) mass is 367 g/mol. The number of hydrogen-bond donors (Lipinski definition) is 3. The van der Waals surface area contributed by atoms with Crippen molar-refractivity contribution in [3.63, 3.8) is 0 Å². The van der Waals surface area contributed by atoms with Crippen LogP contribution >= 0.6 is 11.3 Å². The van der Waals surface area contributed by atoms with E-state index in [1.54, 1.807) is 6.20 Å². The van der Waals surface area contributed by atoms with Crippen LogP contribution in [0, 0.1) is 29.6 Å². The molecule has 0 radical (unpaired) electrons. The molecule has 0 saturated heterocycles. The van der Waals surface area contributed by atoms with Gasteiger partial charge in [-0.1, -0.05) is 11.3 Å². The van der Waals surface area contributed by atoms with Crippen LogP contribution in [0.15, 0.2) is 11.2 Å². The second-order valence-electron chi connectivity index (χ2n) is 6.71. The van der Waals surface area contributed by atoms with E-state index in [0.29, 0.717) is 17.5 Å². The molecule has 1 unspecified atom stereocenters. The van der Waals surface area contributed by atoms with Crippen molar-refractivity contribution >= 4 is 22.0 Å². The quantitative estimate of drug-likeness (QED) is 0.743. The number of nitrogens with zero attached hydrogens (tertiary/aromatic N) is 4. The fourth-order valence-corrected chi connectivity index (χ4v) is 3.92.